The van der Waals surface area contributed by atoms with Crippen LogP contribution in [0.2, 0.25) is 5.02 Å². The average molecular weight is 412 g/mol. The Balaban J connectivity index is 1.40. The first-order valence-corrected chi connectivity index (χ1v) is 10.0. The Morgan fingerprint density at radius 1 is 1.21 bits per heavy atom. The summed E-state index contributed by atoms with van der Waals surface area (Å²) < 4.78 is 5.25. The molecule has 1 atom stereocenters. The average Bonchev–Trinajstić information content (AvgIpc) is 3.18. The molecule has 2 aliphatic rings. The van der Waals surface area contributed by atoms with E-state index in [1.165, 1.54) is 0 Å². The molecule has 2 aliphatic heterocycles. The zero-order valence-corrected chi connectivity index (χ0v) is 16.9. The van der Waals surface area contributed by atoms with E-state index >= 15 is 0 Å². The van der Waals surface area contributed by atoms with Gasteiger partial charge < -0.3 is 15.0 Å². The van der Waals surface area contributed by atoms with Crippen LogP contribution >= 0.6 is 11.6 Å². The number of nitrogens with zero attached hydrogens (tertiary/aromatic N) is 2. The maximum Gasteiger partial charge on any atom is 0.268 e. The highest BCUT2D eigenvalue weighted by Crippen LogP contribution is 2.31. The molecule has 0 aromatic heterocycles. The summed E-state index contributed by atoms with van der Waals surface area (Å²) in [5.74, 6) is 0.341. The van der Waals surface area contributed by atoms with Gasteiger partial charge in [-0.3, -0.25) is 9.59 Å². The number of carbonyl (C=O) groups excluding carboxylic acids is 2. The van der Waals surface area contributed by atoms with Gasteiger partial charge >= 0.3 is 0 Å². The number of methoxy groups -OCH3 is 1. The Morgan fingerprint density at radius 2 is 2.00 bits per heavy atom. The number of anilines is 1. The van der Waals surface area contributed by atoms with Crippen molar-refractivity contribution in [1.82, 2.24) is 4.90 Å². The Morgan fingerprint density at radius 3 is 2.76 bits per heavy atom. The molecule has 0 bridgehead atoms. The van der Waals surface area contributed by atoms with Crippen LogP contribution in [0, 0.1) is 5.92 Å². The molecule has 2 amide bonds. The number of fused-ring (bicyclic) bond motifs is 1. The monoisotopic (exact) mass is 411 g/mol. The molecule has 1 fully saturated rings. The quantitative estimate of drug-likeness (QED) is 0.830. The topological polar surface area (TPSA) is 71.0 Å². The summed E-state index contributed by atoms with van der Waals surface area (Å²) in [6.07, 6.45) is 2.04. The van der Waals surface area contributed by atoms with Crippen molar-refractivity contribution in [3.63, 3.8) is 0 Å². The molecule has 150 valence electrons. The van der Waals surface area contributed by atoms with Crippen molar-refractivity contribution in [3.05, 3.63) is 53.1 Å². The second-order valence-corrected chi connectivity index (χ2v) is 7.75. The first-order valence-electron chi connectivity index (χ1n) is 9.63. The molecule has 0 radical (unpaired) electrons. The van der Waals surface area contributed by atoms with Crippen LogP contribution in [0.15, 0.2) is 47.5 Å². The van der Waals surface area contributed by atoms with Gasteiger partial charge in [0.15, 0.2) is 0 Å². The highest BCUT2D eigenvalue weighted by molar-refractivity contribution is 6.40. The number of aliphatic imine (C=N–C) groups is 1. The summed E-state index contributed by atoms with van der Waals surface area (Å²) in [6, 6.07) is 12.6. The Labute approximate surface area is 174 Å². The van der Waals surface area contributed by atoms with Crippen LogP contribution in [0.5, 0.6) is 5.75 Å². The Hall–Kier alpha value is -2.86. The van der Waals surface area contributed by atoms with E-state index in [1.54, 1.807) is 36.3 Å². The highest BCUT2D eigenvalue weighted by atomic mass is 35.5. The largest absolute Gasteiger partial charge is 0.497 e. The van der Waals surface area contributed by atoms with Crippen molar-refractivity contribution >= 4 is 40.5 Å². The molecule has 1 unspecified atom stereocenters. The summed E-state index contributed by atoms with van der Waals surface area (Å²) in [6.45, 7) is 1.04. The zero-order chi connectivity index (χ0) is 20.4. The lowest BCUT2D eigenvalue weighted by Crippen LogP contribution is -2.46. The van der Waals surface area contributed by atoms with E-state index in [-0.39, 0.29) is 17.7 Å². The number of nitrogens with one attached hydrogen (secondary N) is 1. The minimum Gasteiger partial charge on any atom is -0.497 e. The van der Waals surface area contributed by atoms with Gasteiger partial charge in [-0.2, -0.15) is 0 Å². The van der Waals surface area contributed by atoms with Crippen molar-refractivity contribution in [2.45, 2.75) is 19.3 Å². The molecule has 1 saturated heterocycles. The summed E-state index contributed by atoms with van der Waals surface area (Å²) in [5.41, 5.74) is 3.02. The van der Waals surface area contributed by atoms with Crippen LogP contribution in [0.25, 0.3) is 0 Å². The van der Waals surface area contributed by atoms with Crippen molar-refractivity contribution in [2.75, 3.05) is 25.5 Å². The number of hydrogen-bond acceptors (Lipinski definition) is 4. The lowest BCUT2D eigenvalue weighted by Gasteiger charge is -2.32. The number of halogens is 1. The van der Waals surface area contributed by atoms with E-state index in [1.807, 2.05) is 18.2 Å². The number of ether oxygens (including phenoxy) is 1. The zero-order valence-electron chi connectivity index (χ0n) is 16.2. The standard InChI is InChI=1S/C22H22ClN3O3/c1-29-18-8-9-19-15(11-18)12-20(25-19)22(28)26-10-2-3-14(13-26)21(27)24-17-6-4-16(23)5-7-17/h4-9,11,14H,2-3,10,12-13H2,1H3,(H,24,27). The fourth-order valence-corrected chi connectivity index (χ4v) is 3.89. The van der Waals surface area contributed by atoms with E-state index in [9.17, 15) is 9.59 Å². The van der Waals surface area contributed by atoms with Crippen LogP contribution in [-0.4, -0.2) is 42.6 Å². The summed E-state index contributed by atoms with van der Waals surface area (Å²) in [7, 11) is 1.62. The third-order valence-corrected chi connectivity index (χ3v) is 5.59. The number of hydrogen-bond donors (Lipinski definition) is 1. The number of benzene rings is 2. The Bertz CT molecular complexity index is 972. The van der Waals surface area contributed by atoms with Gasteiger partial charge in [-0.05, 0) is 60.9 Å². The predicted octanol–water partition coefficient (Wildman–Crippen LogP) is 3.85. The van der Waals surface area contributed by atoms with Crippen molar-refractivity contribution < 1.29 is 14.3 Å². The molecule has 1 N–H and O–H groups in total. The van der Waals surface area contributed by atoms with Crippen LogP contribution in [0.4, 0.5) is 11.4 Å². The van der Waals surface area contributed by atoms with Gasteiger partial charge in [0, 0.05) is 30.2 Å². The van der Waals surface area contributed by atoms with Gasteiger partial charge in [0.2, 0.25) is 5.91 Å². The van der Waals surface area contributed by atoms with Gasteiger partial charge in [0.05, 0.1) is 18.7 Å². The number of likely N-dealkylation sites (tertiary alicyclic amines) is 1. The van der Waals surface area contributed by atoms with Gasteiger partial charge in [0.25, 0.3) is 5.91 Å². The summed E-state index contributed by atoms with van der Waals surface area (Å²) in [4.78, 5) is 31.9. The van der Waals surface area contributed by atoms with Crippen molar-refractivity contribution in [2.24, 2.45) is 10.9 Å². The fraction of sp³-hybridized carbons (Fsp3) is 0.318. The number of piperidine rings is 1. The Kier molecular flexibility index (Phi) is 5.53. The molecule has 2 aromatic rings. The molecule has 4 rings (SSSR count). The van der Waals surface area contributed by atoms with Gasteiger partial charge in [-0.25, -0.2) is 4.99 Å². The molecule has 2 aromatic carbocycles. The second-order valence-electron chi connectivity index (χ2n) is 7.32. The summed E-state index contributed by atoms with van der Waals surface area (Å²) in [5, 5.41) is 3.53. The minimum atomic E-state index is -0.243. The lowest BCUT2D eigenvalue weighted by molar-refractivity contribution is -0.128. The molecule has 0 saturated carbocycles. The van der Waals surface area contributed by atoms with Crippen molar-refractivity contribution in [3.8, 4) is 5.75 Å². The number of rotatable bonds is 4. The van der Waals surface area contributed by atoms with Gasteiger partial charge in [-0.15, -0.1) is 0 Å². The van der Waals surface area contributed by atoms with Gasteiger partial charge in [-0.1, -0.05) is 11.6 Å². The van der Waals surface area contributed by atoms with Crippen LogP contribution < -0.4 is 10.1 Å². The smallest absolute Gasteiger partial charge is 0.268 e. The lowest BCUT2D eigenvalue weighted by atomic mass is 9.96. The van der Waals surface area contributed by atoms with E-state index in [2.05, 4.69) is 10.3 Å². The third kappa shape index (κ3) is 4.27. The molecule has 7 heteroatoms. The first kappa shape index (κ1) is 19.5. The first-order chi connectivity index (χ1) is 14.0. The molecule has 0 aliphatic carbocycles. The fourth-order valence-electron chi connectivity index (χ4n) is 3.76. The molecular weight excluding hydrogens is 390 g/mol. The maximum absolute atomic E-state index is 13.0. The van der Waals surface area contributed by atoms with Gasteiger partial charge in [0.1, 0.15) is 11.5 Å². The van der Waals surface area contributed by atoms with Crippen LogP contribution in [0.3, 0.4) is 0 Å². The second kappa shape index (κ2) is 8.25. The molecular formula is C22H22ClN3O3. The van der Waals surface area contributed by atoms with Crippen LogP contribution in [-0.2, 0) is 16.0 Å². The third-order valence-electron chi connectivity index (χ3n) is 5.34. The number of carbonyl (C=O) groups is 2. The molecule has 2 heterocycles. The highest BCUT2D eigenvalue weighted by Gasteiger charge is 2.32. The van der Waals surface area contributed by atoms with E-state index in [0.717, 1.165) is 29.8 Å². The SMILES string of the molecule is COc1ccc2c(c1)CC(C(=O)N1CCCC(C(=O)Nc3ccc(Cl)cc3)C1)=N2. The van der Waals surface area contributed by atoms with E-state index in [4.69, 9.17) is 16.3 Å². The molecule has 0 spiro atoms. The normalized spacial score (nSPS) is 18.1. The predicted molar refractivity (Wildman–Crippen MR) is 113 cm³/mol. The summed E-state index contributed by atoms with van der Waals surface area (Å²) >= 11 is 5.89. The van der Waals surface area contributed by atoms with Crippen LogP contribution in [0.1, 0.15) is 18.4 Å². The number of amides is 2. The van der Waals surface area contributed by atoms with Crippen molar-refractivity contribution in [1.29, 1.82) is 0 Å². The molecule has 6 nitrogen and oxygen atoms in total. The molecule has 29 heavy (non-hydrogen) atoms. The minimum absolute atomic E-state index is 0.0776. The van der Waals surface area contributed by atoms with E-state index in [0.29, 0.717) is 35.9 Å². The van der Waals surface area contributed by atoms with E-state index < -0.39 is 0 Å². The maximum atomic E-state index is 13.0.